The molecular formula is C29H32ClNO5. The molecule has 2 aliphatic rings. The summed E-state index contributed by atoms with van der Waals surface area (Å²) < 4.78 is 11.5. The summed E-state index contributed by atoms with van der Waals surface area (Å²) in [6.45, 7) is 5.83. The fraction of sp³-hybridized carbons (Fsp3) is 0.448. The van der Waals surface area contributed by atoms with Crippen molar-refractivity contribution in [1.29, 1.82) is 0 Å². The van der Waals surface area contributed by atoms with Crippen molar-refractivity contribution in [3.05, 3.63) is 74.6 Å². The van der Waals surface area contributed by atoms with E-state index in [4.69, 9.17) is 20.8 Å². The Morgan fingerprint density at radius 1 is 1.14 bits per heavy atom. The van der Waals surface area contributed by atoms with E-state index in [1.165, 1.54) is 0 Å². The van der Waals surface area contributed by atoms with Crippen molar-refractivity contribution in [2.75, 3.05) is 6.54 Å². The first-order valence-corrected chi connectivity index (χ1v) is 13.0. The number of piperidine rings is 1. The second kappa shape index (κ2) is 9.56. The van der Waals surface area contributed by atoms with Crippen LogP contribution in [0.5, 0.6) is 5.75 Å². The Balaban J connectivity index is 1.43. The quantitative estimate of drug-likeness (QED) is 0.454. The highest BCUT2D eigenvalue weighted by Gasteiger charge is 2.50. The van der Waals surface area contributed by atoms with Gasteiger partial charge in [0.15, 0.2) is 6.10 Å². The zero-order chi connectivity index (χ0) is 25.6. The number of halogens is 1. The van der Waals surface area contributed by atoms with Crippen LogP contribution >= 0.6 is 11.6 Å². The van der Waals surface area contributed by atoms with Crippen LogP contribution in [0.4, 0.5) is 0 Å². The predicted molar refractivity (Wildman–Crippen MR) is 139 cm³/mol. The highest BCUT2D eigenvalue weighted by atomic mass is 35.5. The van der Waals surface area contributed by atoms with E-state index in [2.05, 4.69) is 0 Å². The van der Waals surface area contributed by atoms with Crippen LogP contribution in [-0.2, 0) is 4.79 Å². The minimum atomic E-state index is -0.769. The largest absolute Gasteiger partial charge is 0.481 e. The monoisotopic (exact) mass is 509 g/mol. The van der Waals surface area contributed by atoms with E-state index in [1.807, 2.05) is 42.2 Å². The Morgan fingerprint density at radius 2 is 1.89 bits per heavy atom. The van der Waals surface area contributed by atoms with Crippen molar-refractivity contribution in [3.8, 4) is 5.75 Å². The van der Waals surface area contributed by atoms with Crippen LogP contribution in [0.2, 0.25) is 5.02 Å². The molecule has 0 spiro atoms. The number of fused-ring (bicyclic) bond motifs is 2. The van der Waals surface area contributed by atoms with E-state index in [9.17, 15) is 14.7 Å². The molecule has 3 aromatic rings. The van der Waals surface area contributed by atoms with Gasteiger partial charge in [-0.3, -0.25) is 4.79 Å². The molecule has 7 heteroatoms. The number of hydrogen-bond donors (Lipinski definition) is 1. The minimum Gasteiger partial charge on any atom is -0.481 e. The number of aryl methyl sites for hydroxylation is 1. The molecule has 1 saturated heterocycles. The summed E-state index contributed by atoms with van der Waals surface area (Å²) in [5.74, 6) is 0.284. The molecule has 1 aliphatic carbocycles. The Kier molecular flexibility index (Phi) is 6.60. The van der Waals surface area contributed by atoms with Crippen molar-refractivity contribution in [2.45, 2.75) is 70.6 Å². The molecule has 1 aromatic heterocycles. The van der Waals surface area contributed by atoms with Gasteiger partial charge in [-0.25, -0.2) is 4.79 Å². The Hall–Kier alpha value is -2.83. The maximum absolute atomic E-state index is 13.8. The normalized spacial score (nSPS) is 24.9. The lowest BCUT2D eigenvalue weighted by atomic mass is 9.66. The lowest BCUT2D eigenvalue weighted by molar-refractivity contribution is -0.161. The summed E-state index contributed by atoms with van der Waals surface area (Å²) in [7, 11) is 0. The zero-order valence-corrected chi connectivity index (χ0v) is 21.7. The minimum absolute atomic E-state index is 0.0431. The van der Waals surface area contributed by atoms with Crippen LogP contribution in [0, 0.1) is 19.8 Å². The van der Waals surface area contributed by atoms with Gasteiger partial charge in [-0.05, 0) is 75.4 Å². The van der Waals surface area contributed by atoms with Crippen molar-refractivity contribution < 1.29 is 19.1 Å². The summed E-state index contributed by atoms with van der Waals surface area (Å²) >= 11 is 6.15. The molecule has 1 amide bonds. The second-order valence-electron chi connectivity index (χ2n) is 10.3. The van der Waals surface area contributed by atoms with Gasteiger partial charge in [-0.1, -0.05) is 36.6 Å². The maximum Gasteiger partial charge on any atom is 0.339 e. The SMILES string of the molecule is Cc1c(C)c2ccc(O[C@@H](C)C(=O)N3CC[C@]4(O)CCCC[C@H]4[C@@H]3c3ccc(Cl)cc3)cc2oc1=O. The van der Waals surface area contributed by atoms with E-state index in [-0.39, 0.29) is 23.5 Å². The fourth-order valence-electron chi connectivity index (χ4n) is 5.99. The van der Waals surface area contributed by atoms with E-state index in [0.717, 1.165) is 42.2 Å². The number of carbonyl (C=O) groups is 1. The van der Waals surface area contributed by atoms with Gasteiger partial charge in [0.05, 0.1) is 11.6 Å². The summed E-state index contributed by atoms with van der Waals surface area (Å²) in [6.07, 6.45) is 3.46. The van der Waals surface area contributed by atoms with E-state index >= 15 is 0 Å². The number of amides is 1. The van der Waals surface area contributed by atoms with E-state index in [1.54, 1.807) is 26.0 Å². The molecular weight excluding hydrogens is 478 g/mol. The number of rotatable bonds is 4. The highest BCUT2D eigenvalue weighted by Crippen LogP contribution is 2.49. The Morgan fingerprint density at radius 3 is 2.64 bits per heavy atom. The van der Waals surface area contributed by atoms with E-state index in [0.29, 0.717) is 34.9 Å². The molecule has 1 aliphatic heterocycles. The first-order valence-electron chi connectivity index (χ1n) is 12.7. The van der Waals surface area contributed by atoms with Crippen molar-refractivity contribution in [1.82, 2.24) is 4.90 Å². The third kappa shape index (κ3) is 4.41. The Bertz CT molecular complexity index is 1350. The van der Waals surface area contributed by atoms with Gasteiger partial charge in [0, 0.05) is 34.5 Å². The van der Waals surface area contributed by atoms with Crippen molar-refractivity contribution in [3.63, 3.8) is 0 Å². The lowest BCUT2D eigenvalue weighted by Crippen LogP contribution is -2.58. The molecule has 0 radical (unpaired) electrons. The fourth-order valence-corrected chi connectivity index (χ4v) is 6.12. The van der Waals surface area contributed by atoms with Gasteiger partial charge < -0.3 is 19.2 Å². The van der Waals surface area contributed by atoms with Crippen molar-refractivity contribution >= 4 is 28.5 Å². The van der Waals surface area contributed by atoms with Crippen LogP contribution in [0.25, 0.3) is 11.0 Å². The predicted octanol–water partition coefficient (Wildman–Crippen LogP) is 5.73. The number of ether oxygens (including phenoxy) is 1. The Labute approximate surface area is 215 Å². The summed E-state index contributed by atoms with van der Waals surface area (Å²) in [5, 5.41) is 13.0. The van der Waals surface area contributed by atoms with Gasteiger partial charge in [-0.2, -0.15) is 0 Å². The number of carbonyl (C=O) groups excluding carboxylic acids is 1. The topological polar surface area (TPSA) is 80.0 Å². The van der Waals surface area contributed by atoms with Crippen LogP contribution in [0.15, 0.2) is 51.7 Å². The number of likely N-dealkylation sites (tertiary alicyclic amines) is 1. The van der Waals surface area contributed by atoms with Crippen molar-refractivity contribution in [2.24, 2.45) is 5.92 Å². The third-order valence-electron chi connectivity index (χ3n) is 8.15. The number of hydrogen-bond acceptors (Lipinski definition) is 5. The molecule has 0 bridgehead atoms. The summed E-state index contributed by atoms with van der Waals surface area (Å²) in [6, 6.07) is 12.6. The second-order valence-corrected chi connectivity index (χ2v) is 10.7. The molecule has 1 saturated carbocycles. The van der Waals surface area contributed by atoms with Gasteiger partial charge >= 0.3 is 5.63 Å². The van der Waals surface area contributed by atoms with Gasteiger partial charge in [0.25, 0.3) is 5.91 Å². The molecule has 5 rings (SSSR count). The standard InChI is InChI=1S/C29H32ClNO5/c1-17-18(2)28(33)36-25-16-22(11-12-23(17)25)35-19(3)27(32)31-15-14-29(34)13-5-4-6-24(29)26(31)20-7-9-21(30)10-8-20/h7-12,16,19,24,26,34H,4-6,13-15H2,1-3H3/t19-,24-,26-,29+/m0/s1. The molecule has 2 aromatic carbocycles. The third-order valence-corrected chi connectivity index (χ3v) is 8.40. The van der Waals surface area contributed by atoms with E-state index < -0.39 is 11.7 Å². The molecule has 6 nitrogen and oxygen atoms in total. The summed E-state index contributed by atoms with van der Waals surface area (Å²) in [5.41, 5.74) is 1.72. The number of benzene rings is 2. The first kappa shape index (κ1) is 24.8. The van der Waals surface area contributed by atoms with Crippen LogP contribution < -0.4 is 10.4 Å². The smallest absolute Gasteiger partial charge is 0.339 e. The molecule has 0 unspecified atom stereocenters. The lowest BCUT2D eigenvalue weighted by Gasteiger charge is -2.53. The maximum atomic E-state index is 13.8. The van der Waals surface area contributed by atoms with Crippen LogP contribution in [0.1, 0.15) is 61.8 Å². The van der Waals surface area contributed by atoms with Gasteiger partial charge in [0.1, 0.15) is 11.3 Å². The molecule has 2 heterocycles. The number of aliphatic hydroxyl groups is 1. The summed E-state index contributed by atoms with van der Waals surface area (Å²) in [4.78, 5) is 27.8. The molecule has 190 valence electrons. The average molecular weight is 510 g/mol. The first-order chi connectivity index (χ1) is 17.2. The van der Waals surface area contributed by atoms with Crippen LogP contribution in [0.3, 0.4) is 0 Å². The van der Waals surface area contributed by atoms with Crippen LogP contribution in [-0.4, -0.2) is 34.2 Å². The molecule has 4 atom stereocenters. The molecule has 1 N–H and O–H groups in total. The number of nitrogens with zero attached hydrogens (tertiary/aromatic N) is 1. The average Bonchev–Trinajstić information content (AvgIpc) is 2.86. The van der Waals surface area contributed by atoms with Gasteiger partial charge in [0.2, 0.25) is 0 Å². The van der Waals surface area contributed by atoms with Gasteiger partial charge in [-0.15, -0.1) is 0 Å². The highest BCUT2D eigenvalue weighted by molar-refractivity contribution is 6.30. The molecule has 2 fully saturated rings. The zero-order valence-electron chi connectivity index (χ0n) is 20.9. The molecule has 36 heavy (non-hydrogen) atoms.